The summed E-state index contributed by atoms with van der Waals surface area (Å²) < 4.78 is 31.6. The molecule has 0 aliphatic heterocycles. The van der Waals surface area contributed by atoms with Gasteiger partial charge in [-0.2, -0.15) is 0 Å². The largest absolute Gasteiger partial charge is 0.493 e. The average molecular weight is 246 g/mol. The lowest BCUT2D eigenvalue weighted by atomic mass is 10.1. The minimum atomic E-state index is -2.60. The summed E-state index contributed by atoms with van der Waals surface area (Å²) in [4.78, 5) is 11.3. The molecule has 0 amide bonds. The lowest BCUT2D eigenvalue weighted by Crippen LogP contribution is -2.01. The molecule has 0 N–H and O–H groups in total. The molecule has 88 valence electrons. The molecular formula is C12H15ClO3. The van der Waals surface area contributed by atoms with E-state index in [9.17, 15) is 4.79 Å². The number of carbonyl (C=O) groups is 1. The summed E-state index contributed by atoms with van der Waals surface area (Å²) in [5.74, 6) is 0.581. The molecule has 0 saturated carbocycles. The molecular weight excluding hydrogens is 228 g/mol. The molecule has 16 heavy (non-hydrogen) atoms. The Balaban J connectivity index is 2.97. The summed E-state index contributed by atoms with van der Waals surface area (Å²) >= 11 is 5.53. The Hall–Kier alpha value is -1.22. The number of carbonyl (C=O) groups excluding carboxylic acids is 1. The molecule has 1 rings (SSSR count). The van der Waals surface area contributed by atoms with Gasteiger partial charge in [0.05, 0.1) is 17.8 Å². The van der Waals surface area contributed by atoms with E-state index in [1.165, 1.54) is 19.1 Å². The highest BCUT2D eigenvalue weighted by atomic mass is 35.5. The predicted octanol–water partition coefficient (Wildman–Crippen LogP) is 2.91. The van der Waals surface area contributed by atoms with Crippen molar-refractivity contribution >= 4 is 17.4 Å². The van der Waals surface area contributed by atoms with E-state index >= 15 is 0 Å². The molecule has 0 aliphatic carbocycles. The molecule has 0 aliphatic rings. The van der Waals surface area contributed by atoms with E-state index in [0.717, 1.165) is 0 Å². The highest BCUT2D eigenvalue weighted by Gasteiger charge is 2.07. The maximum absolute atomic E-state index is 11.3. The highest BCUT2D eigenvalue weighted by molar-refractivity contribution is 6.17. The first-order valence-electron chi connectivity index (χ1n) is 6.36. The zero-order valence-electron chi connectivity index (χ0n) is 12.0. The number of hydrogen-bond donors (Lipinski definition) is 0. The van der Waals surface area contributed by atoms with Gasteiger partial charge in [0.1, 0.15) is 0 Å². The summed E-state index contributed by atoms with van der Waals surface area (Å²) in [6.45, 7) is 1.74. The van der Waals surface area contributed by atoms with Gasteiger partial charge in [-0.1, -0.05) is 0 Å². The van der Waals surface area contributed by atoms with Gasteiger partial charge in [-0.15, -0.1) is 11.6 Å². The number of ether oxygens (including phenoxy) is 2. The van der Waals surface area contributed by atoms with Gasteiger partial charge in [0.2, 0.25) is 0 Å². The number of methoxy groups -OCH3 is 1. The summed E-state index contributed by atoms with van der Waals surface area (Å²) in [6.07, 6.45) is 0.628. The first kappa shape index (κ1) is 8.88. The molecule has 0 saturated heterocycles. The third-order valence-electron chi connectivity index (χ3n) is 2.00. The molecule has 0 heterocycles. The maximum Gasteiger partial charge on any atom is 0.161 e. The second-order valence-corrected chi connectivity index (χ2v) is 3.59. The van der Waals surface area contributed by atoms with Gasteiger partial charge < -0.3 is 9.47 Å². The number of ketones is 1. The van der Waals surface area contributed by atoms with Gasteiger partial charge in [-0.25, -0.2) is 0 Å². The van der Waals surface area contributed by atoms with Crippen LogP contribution in [0.1, 0.15) is 27.8 Å². The van der Waals surface area contributed by atoms with Crippen LogP contribution in [0.3, 0.4) is 0 Å². The van der Waals surface area contributed by atoms with Crippen molar-refractivity contribution in [1.29, 1.82) is 0 Å². The molecule has 0 bridgehead atoms. The second-order valence-electron chi connectivity index (χ2n) is 3.21. The predicted molar refractivity (Wildman–Crippen MR) is 63.8 cm³/mol. The van der Waals surface area contributed by atoms with Crippen LogP contribution in [0.4, 0.5) is 0 Å². The average Bonchev–Trinajstić information content (AvgIpc) is 2.29. The van der Waals surface area contributed by atoms with Crippen molar-refractivity contribution in [2.75, 3.05) is 19.5 Å². The van der Waals surface area contributed by atoms with Crippen molar-refractivity contribution in [1.82, 2.24) is 0 Å². The van der Waals surface area contributed by atoms with Gasteiger partial charge in [0.15, 0.2) is 17.3 Å². The van der Waals surface area contributed by atoms with Crippen LogP contribution in [0.15, 0.2) is 18.2 Å². The molecule has 4 heteroatoms. The zero-order valence-corrected chi connectivity index (χ0v) is 9.71. The Labute approximate surface area is 105 Å². The van der Waals surface area contributed by atoms with Gasteiger partial charge in [-0.05, 0) is 31.5 Å². The molecule has 0 radical (unpaired) electrons. The van der Waals surface area contributed by atoms with Crippen LogP contribution in [0.5, 0.6) is 11.5 Å². The molecule has 3 nitrogen and oxygen atoms in total. The number of benzene rings is 1. The summed E-state index contributed by atoms with van der Waals surface area (Å²) in [6, 6.07) is 4.45. The first-order chi connectivity index (χ1) is 8.83. The van der Waals surface area contributed by atoms with E-state index < -0.39 is 7.04 Å². The Bertz CT molecular complexity index is 446. The highest BCUT2D eigenvalue weighted by Crippen LogP contribution is 2.28. The zero-order chi connectivity index (χ0) is 14.5. The van der Waals surface area contributed by atoms with Crippen molar-refractivity contribution < 1.29 is 18.4 Å². The molecule has 0 spiro atoms. The number of rotatable bonds is 6. The molecule has 0 unspecified atom stereocenters. The van der Waals surface area contributed by atoms with Crippen LogP contribution in [-0.4, -0.2) is 25.3 Å². The Morgan fingerprint density at radius 1 is 1.50 bits per heavy atom. The lowest BCUT2D eigenvalue weighted by molar-refractivity contribution is 0.101. The monoisotopic (exact) mass is 245 g/mol. The SMILES string of the molecule is [2H]C([2H])([2H])Oc1cc(C(C)=O)ccc1OCCCCl. The molecule has 0 atom stereocenters. The van der Waals surface area contributed by atoms with E-state index in [0.29, 0.717) is 24.5 Å². The van der Waals surface area contributed by atoms with Crippen molar-refractivity contribution in [2.24, 2.45) is 0 Å². The normalized spacial score (nSPS) is 13.5. The number of hydrogen-bond acceptors (Lipinski definition) is 3. The van der Waals surface area contributed by atoms with Crippen LogP contribution in [-0.2, 0) is 0 Å². The minimum absolute atomic E-state index is 0.0299. The van der Waals surface area contributed by atoms with E-state index in [4.69, 9.17) is 25.2 Å². The minimum Gasteiger partial charge on any atom is -0.493 e. The standard InChI is InChI=1S/C12H15ClO3/c1-9(14)10-4-5-11(12(8-10)15-2)16-7-3-6-13/h4-5,8H,3,6-7H2,1-2H3/i2D3. The van der Waals surface area contributed by atoms with Crippen LogP contribution in [0.25, 0.3) is 0 Å². The topological polar surface area (TPSA) is 35.5 Å². The fraction of sp³-hybridized carbons (Fsp3) is 0.417. The fourth-order valence-corrected chi connectivity index (χ4v) is 1.27. The third kappa shape index (κ3) is 3.42. The van der Waals surface area contributed by atoms with Crippen LogP contribution in [0, 0.1) is 0 Å². The quantitative estimate of drug-likeness (QED) is 0.439. The van der Waals surface area contributed by atoms with Gasteiger partial charge in [0.25, 0.3) is 0 Å². The summed E-state index contributed by atoms with van der Waals surface area (Å²) in [5, 5.41) is 0. The van der Waals surface area contributed by atoms with E-state index in [1.807, 2.05) is 0 Å². The van der Waals surface area contributed by atoms with Crippen LogP contribution < -0.4 is 9.47 Å². The van der Waals surface area contributed by atoms with E-state index in [-0.39, 0.29) is 17.3 Å². The third-order valence-corrected chi connectivity index (χ3v) is 2.26. The van der Waals surface area contributed by atoms with Crippen molar-refractivity contribution in [3.8, 4) is 11.5 Å². The Morgan fingerprint density at radius 3 is 2.94 bits per heavy atom. The van der Waals surface area contributed by atoms with Gasteiger partial charge in [-0.3, -0.25) is 4.79 Å². The molecule has 1 aromatic rings. The van der Waals surface area contributed by atoms with Crippen molar-refractivity contribution in [2.45, 2.75) is 13.3 Å². The number of alkyl halides is 1. The molecule has 0 aromatic heterocycles. The van der Waals surface area contributed by atoms with Gasteiger partial charge in [0, 0.05) is 11.4 Å². The van der Waals surface area contributed by atoms with Gasteiger partial charge >= 0.3 is 0 Å². The Kier molecular flexibility index (Phi) is 3.54. The fourth-order valence-electron chi connectivity index (χ4n) is 1.16. The van der Waals surface area contributed by atoms with Crippen LogP contribution in [0.2, 0.25) is 0 Å². The molecule has 0 fully saturated rings. The summed E-state index contributed by atoms with van der Waals surface area (Å²) in [7, 11) is -2.60. The smallest absolute Gasteiger partial charge is 0.161 e. The van der Waals surface area contributed by atoms with E-state index in [1.54, 1.807) is 6.07 Å². The summed E-state index contributed by atoms with van der Waals surface area (Å²) in [5.41, 5.74) is 0.365. The Morgan fingerprint density at radius 2 is 2.31 bits per heavy atom. The van der Waals surface area contributed by atoms with Crippen LogP contribution >= 0.6 is 11.6 Å². The maximum atomic E-state index is 11.3. The van der Waals surface area contributed by atoms with Crippen molar-refractivity contribution in [3.05, 3.63) is 23.8 Å². The van der Waals surface area contributed by atoms with E-state index in [2.05, 4.69) is 0 Å². The lowest BCUT2D eigenvalue weighted by Gasteiger charge is -2.10. The first-order valence-corrected chi connectivity index (χ1v) is 5.39. The second kappa shape index (κ2) is 6.38. The number of halogens is 1. The van der Waals surface area contributed by atoms with Crippen molar-refractivity contribution in [3.63, 3.8) is 0 Å². The molecule has 1 aromatic carbocycles. The number of Topliss-reactive ketones (excluding diaryl/α,β-unsaturated/α-hetero) is 1.